The Labute approximate surface area is 181 Å². The summed E-state index contributed by atoms with van der Waals surface area (Å²) < 4.78 is 1.26. The summed E-state index contributed by atoms with van der Waals surface area (Å²) in [7, 11) is 0. The number of fused-ring (bicyclic) bond motifs is 3. The monoisotopic (exact) mass is 441 g/mol. The van der Waals surface area contributed by atoms with Crippen molar-refractivity contribution < 1.29 is 0 Å². The highest BCUT2D eigenvalue weighted by Crippen LogP contribution is 2.50. The van der Waals surface area contributed by atoms with E-state index in [-0.39, 0.29) is 5.41 Å². The van der Waals surface area contributed by atoms with Crippen molar-refractivity contribution in [2.45, 2.75) is 32.1 Å². The average Bonchev–Trinajstić information content (AvgIpc) is 2.98. The number of benzene rings is 3. The normalized spacial score (nSPS) is 16.5. The maximum atomic E-state index is 3.65. The molecule has 144 valence electrons. The molecule has 0 aromatic heterocycles. The molecular formula is C27H24BrN. The van der Waals surface area contributed by atoms with E-state index in [0.717, 1.165) is 12.8 Å². The standard InChI is InChI=1S/C27H24BrN/c1-27(2)25-11-7-6-10-23(25)24-17-16-22(18-26(24)27)29(20-8-4-3-5-9-20)21-14-12-19(28)13-15-21/h3-12,14,16-18H,13,15H2,1-2H3. The van der Waals surface area contributed by atoms with Gasteiger partial charge >= 0.3 is 0 Å². The molecule has 3 aromatic rings. The van der Waals surface area contributed by atoms with Crippen molar-refractivity contribution in [1.82, 2.24) is 0 Å². The van der Waals surface area contributed by atoms with E-state index in [1.165, 1.54) is 43.8 Å². The van der Waals surface area contributed by atoms with Crippen molar-refractivity contribution in [2.75, 3.05) is 4.90 Å². The molecule has 2 heteroatoms. The number of anilines is 2. The predicted molar refractivity (Wildman–Crippen MR) is 127 cm³/mol. The lowest BCUT2D eigenvalue weighted by atomic mass is 9.82. The van der Waals surface area contributed by atoms with Crippen LogP contribution in [0.25, 0.3) is 11.1 Å². The molecule has 1 nitrogen and oxygen atoms in total. The number of halogens is 1. The summed E-state index contributed by atoms with van der Waals surface area (Å²) in [5, 5.41) is 0. The lowest BCUT2D eigenvalue weighted by Crippen LogP contribution is -2.19. The second-order valence-electron chi connectivity index (χ2n) is 8.34. The SMILES string of the molecule is CC1(C)c2ccccc2-c2ccc(N(C3=CC=C(Br)CC3)c3ccccc3)cc21. The summed E-state index contributed by atoms with van der Waals surface area (Å²) in [6.07, 6.45) is 6.49. The zero-order chi connectivity index (χ0) is 20.0. The molecule has 3 aromatic carbocycles. The van der Waals surface area contributed by atoms with Crippen molar-refractivity contribution in [1.29, 1.82) is 0 Å². The van der Waals surface area contributed by atoms with Gasteiger partial charge in [0.1, 0.15) is 0 Å². The van der Waals surface area contributed by atoms with Gasteiger partial charge in [0.05, 0.1) is 0 Å². The Hall–Kier alpha value is -2.58. The molecule has 2 aliphatic rings. The maximum Gasteiger partial charge on any atom is 0.0461 e. The summed E-state index contributed by atoms with van der Waals surface area (Å²) in [4.78, 5) is 2.41. The molecule has 29 heavy (non-hydrogen) atoms. The van der Waals surface area contributed by atoms with Crippen LogP contribution in [0, 0.1) is 0 Å². The number of hydrogen-bond acceptors (Lipinski definition) is 1. The fourth-order valence-corrected chi connectivity index (χ4v) is 5.01. The van der Waals surface area contributed by atoms with Gasteiger partial charge in [0.2, 0.25) is 0 Å². The van der Waals surface area contributed by atoms with Crippen molar-refractivity contribution in [3.63, 3.8) is 0 Å². The van der Waals surface area contributed by atoms with Gasteiger partial charge in [-0.2, -0.15) is 0 Å². The number of rotatable bonds is 3. The van der Waals surface area contributed by atoms with Crippen LogP contribution in [0.4, 0.5) is 11.4 Å². The third kappa shape index (κ3) is 3.07. The molecule has 0 saturated heterocycles. The summed E-state index contributed by atoms with van der Waals surface area (Å²) in [5.41, 5.74) is 9.33. The molecule has 0 N–H and O–H groups in total. The van der Waals surface area contributed by atoms with Crippen LogP contribution in [0.1, 0.15) is 37.8 Å². The van der Waals surface area contributed by atoms with E-state index >= 15 is 0 Å². The first-order valence-corrected chi connectivity index (χ1v) is 11.0. The first-order chi connectivity index (χ1) is 14.1. The molecule has 0 radical (unpaired) electrons. The number of nitrogens with zero attached hydrogens (tertiary/aromatic N) is 1. The van der Waals surface area contributed by atoms with Crippen LogP contribution in [0.2, 0.25) is 0 Å². The van der Waals surface area contributed by atoms with Crippen LogP contribution >= 0.6 is 15.9 Å². The van der Waals surface area contributed by atoms with Gasteiger partial charge in [-0.05, 0) is 69.9 Å². The minimum Gasteiger partial charge on any atom is -0.314 e. The Morgan fingerprint density at radius 3 is 2.21 bits per heavy atom. The molecule has 0 spiro atoms. The number of hydrogen-bond donors (Lipinski definition) is 0. The molecule has 2 aliphatic carbocycles. The fraction of sp³-hybridized carbons (Fsp3) is 0.185. The number of allylic oxidation sites excluding steroid dienone is 4. The van der Waals surface area contributed by atoms with Crippen LogP contribution in [-0.2, 0) is 5.41 Å². The molecule has 0 bridgehead atoms. The Morgan fingerprint density at radius 2 is 1.45 bits per heavy atom. The van der Waals surface area contributed by atoms with E-state index in [4.69, 9.17) is 0 Å². The maximum absolute atomic E-state index is 3.65. The van der Waals surface area contributed by atoms with E-state index in [0.29, 0.717) is 0 Å². The van der Waals surface area contributed by atoms with E-state index in [1.54, 1.807) is 0 Å². The summed E-state index contributed by atoms with van der Waals surface area (Å²) >= 11 is 3.65. The van der Waals surface area contributed by atoms with Crippen molar-refractivity contribution in [2.24, 2.45) is 0 Å². The van der Waals surface area contributed by atoms with Gasteiger partial charge < -0.3 is 4.90 Å². The van der Waals surface area contributed by atoms with Crippen LogP contribution in [0.3, 0.4) is 0 Å². The van der Waals surface area contributed by atoms with Gasteiger partial charge in [-0.15, -0.1) is 0 Å². The van der Waals surface area contributed by atoms with Crippen molar-refractivity contribution in [3.05, 3.63) is 106 Å². The fourth-order valence-electron chi connectivity index (χ4n) is 4.68. The summed E-state index contributed by atoms with van der Waals surface area (Å²) in [5.74, 6) is 0. The minimum atomic E-state index is 0.00811. The largest absolute Gasteiger partial charge is 0.314 e. The third-order valence-electron chi connectivity index (χ3n) is 6.20. The van der Waals surface area contributed by atoms with E-state index < -0.39 is 0 Å². The van der Waals surface area contributed by atoms with Gasteiger partial charge in [0.25, 0.3) is 0 Å². The third-order valence-corrected chi connectivity index (χ3v) is 6.86. The average molecular weight is 442 g/mol. The van der Waals surface area contributed by atoms with E-state index in [1.807, 2.05) is 0 Å². The van der Waals surface area contributed by atoms with Gasteiger partial charge in [-0.3, -0.25) is 0 Å². The predicted octanol–water partition coefficient (Wildman–Crippen LogP) is 8.09. The van der Waals surface area contributed by atoms with Crippen LogP contribution in [0.15, 0.2) is 95.1 Å². The molecule has 0 atom stereocenters. The Balaban J connectivity index is 1.67. The topological polar surface area (TPSA) is 3.24 Å². The van der Waals surface area contributed by atoms with E-state index in [2.05, 4.69) is 120 Å². The highest BCUT2D eigenvalue weighted by atomic mass is 79.9. The molecular weight excluding hydrogens is 418 g/mol. The van der Waals surface area contributed by atoms with Crippen LogP contribution in [0.5, 0.6) is 0 Å². The van der Waals surface area contributed by atoms with E-state index in [9.17, 15) is 0 Å². The molecule has 5 rings (SSSR count). The quantitative estimate of drug-likeness (QED) is 0.396. The molecule has 0 unspecified atom stereocenters. The minimum absolute atomic E-state index is 0.00811. The number of para-hydroxylation sites is 1. The lowest BCUT2D eigenvalue weighted by molar-refractivity contribution is 0.660. The zero-order valence-electron chi connectivity index (χ0n) is 16.8. The first-order valence-electron chi connectivity index (χ1n) is 10.2. The first kappa shape index (κ1) is 18.4. The molecule has 0 saturated carbocycles. The van der Waals surface area contributed by atoms with Crippen LogP contribution < -0.4 is 4.90 Å². The lowest BCUT2D eigenvalue weighted by Gasteiger charge is -2.31. The van der Waals surface area contributed by atoms with Gasteiger partial charge in [-0.1, -0.05) is 84.4 Å². The smallest absolute Gasteiger partial charge is 0.0461 e. The zero-order valence-corrected chi connectivity index (χ0v) is 18.4. The summed E-state index contributed by atoms with van der Waals surface area (Å²) in [6.45, 7) is 4.68. The van der Waals surface area contributed by atoms with Gasteiger partial charge in [0, 0.05) is 22.5 Å². The molecule has 0 fully saturated rings. The second kappa shape index (κ2) is 7.03. The highest BCUT2D eigenvalue weighted by Gasteiger charge is 2.35. The Kier molecular flexibility index (Phi) is 4.48. The Bertz CT molecular complexity index is 1140. The highest BCUT2D eigenvalue weighted by molar-refractivity contribution is 9.11. The van der Waals surface area contributed by atoms with Gasteiger partial charge in [0.15, 0.2) is 0 Å². The molecule has 0 amide bonds. The van der Waals surface area contributed by atoms with Crippen LogP contribution in [-0.4, -0.2) is 0 Å². The summed E-state index contributed by atoms with van der Waals surface area (Å²) in [6, 6.07) is 26.5. The molecule has 0 heterocycles. The van der Waals surface area contributed by atoms with Crippen molar-refractivity contribution in [3.8, 4) is 11.1 Å². The van der Waals surface area contributed by atoms with Gasteiger partial charge in [-0.25, -0.2) is 0 Å². The Morgan fingerprint density at radius 1 is 0.724 bits per heavy atom. The molecule has 0 aliphatic heterocycles. The second-order valence-corrected chi connectivity index (χ2v) is 9.36. The van der Waals surface area contributed by atoms with Crippen molar-refractivity contribution >= 4 is 27.3 Å².